The summed E-state index contributed by atoms with van der Waals surface area (Å²) in [5.74, 6) is 0.270. The van der Waals surface area contributed by atoms with E-state index in [2.05, 4.69) is 6.92 Å². The summed E-state index contributed by atoms with van der Waals surface area (Å²) < 4.78 is 11.2. The molecule has 148 valence electrons. The molecular weight excluding hydrogens is 356 g/mol. The summed E-state index contributed by atoms with van der Waals surface area (Å²) in [4.78, 5) is 26.0. The van der Waals surface area contributed by atoms with Gasteiger partial charge in [0.1, 0.15) is 11.6 Å². The minimum atomic E-state index is -0.543. The molecule has 0 fully saturated rings. The Morgan fingerprint density at radius 2 is 1.89 bits per heavy atom. The van der Waals surface area contributed by atoms with Crippen LogP contribution in [-0.4, -0.2) is 37.0 Å². The van der Waals surface area contributed by atoms with Crippen LogP contribution in [-0.2, 0) is 9.59 Å². The Balaban J connectivity index is 2.37. The molecule has 0 spiro atoms. The van der Waals surface area contributed by atoms with Crippen LogP contribution in [0.2, 0.25) is 0 Å². The van der Waals surface area contributed by atoms with Gasteiger partial charge >= 0.3 is 0 Å². The Bertz CT molecular complexity index is 862. The lowest BCUT2D eigenvalue weighted by atomic mass is 9.93. The highest BCUT2D eigenvalue weighted by atomic mass is 16.5. The minimum absolute atomic E-state index is 0.00413. The molecule has 0 aromatic heterocycles. The molecule has 1 heterocycles. The van der Waals surface area contributed by atoms with Gasteiger partial charge in [-0.25, -0.2) is 0 Å². The van der Waals surface area contributed by atoms with Crippen molar-refractivity contribution in [3.63, 3.8) is 0 Å². The molecule has 0 saturated carbocycles. The lowest BCUT2D eigenvalue weighted by Crippen LogP contribution is -2.42. The predicted molar refractivity (Wildman–Crippen MR) is 107 cm³/mol. The average molecular weight is 382 g/mol. The van der Waals surface area contributed by atoms with E-state index in [-0.39, 0.29) is 12.1 Å². The Kier molecular flexibility index (Phi) is 7.39. The fourth-order valence-corrected chi connectivity index (χ4v) is 3.01. The number of benzene rings is 1. The van der Waals surface area contributed by atoms with Crippen LogP contribution in [0.5, 0.6) is 11.5 Å². The monoisotopic (exact) mass is 382 g/mol. The second-order valence-corrected chi connectivity index (χ2v) is 6.49. The third-order valence-electron chi connectivity index (χ3n) is 4.65. The van der Waals surface area contributed by atoms with Gasteiger partial charge < -0.3 is 9.47 Å². The van der Waals surface area contributed by atoms with Gasteiger partial charge in [-0.05, 0) is 49.6 Å². The quantitative estimate of drug-likeness (QED) is 0.387. The smallest absolute Gasteiger partial charge is 0.271 e. The van der Waals surface area contributed by atoms with Gasteiger partial charge in [-0.2, -0.15) is 5.26 Å². The van der Waals surface area contributed by atoms with Crippen molar-refractivity contribution in [3.05, 3.63) is 40.5 Å². The molecule has 28 heavy (non-hydrogen) atoms. The van der Waals surface area contributed by atoms with Gasteiger partial charge in [0.25, 0.3) is 11.8 Å². The number of nitriles is 1. The molecular formula is C22H26N2O4. The average Bonchev–Trinajstić information content (AvgIpc) is 2.69. The number of methoxy groups -OCH3 is 1. The van der Waals surface area contributed by atoms with Crippen molar-refractivity contribution in [1.82, 2.24) is 4.90 Å². The maximum absolute atomic E-state index is 12.7. The van der Waals surface area contributed by atoms with Crippen LogP contribution < -0.4 is 9.47 Å². The first kappa shape index (κ1) is 21.2. The lowest BCUT2D eigenvalue weighted by Gasteiger charge is -2.26. The van der Waals surface area contributed by atoms with Gasteiger partial charge in [-0.3, -0.25) is 14.5 Å². The molecule has 6 nitrogen and oxygen atoms in total. The third kappa shape index (κ3) is 4.42. The summed E-state index contributed by atoms with van der Waals surface area (Å²) in [6.45, 7) is 6.29. The van der Waals surface area contributed by atoms with Gasteiger partial charge in [-0.1, -0.05) is 25.8 Å². The number of imide groups is 1. The van der Waals surface area contributed by atoms with Crippen LogP contribution in [0.3, 0.4) is 0 Å². The molecule has 0 radical (unpaired) electrons. The Morgan fingerprint density at radius 1 is 1.14 bits per heavy atom. The standard InChI is InChI=1S/C22H26N2O4/c1-5-7-8-11-28-19-10-9-16(13-20(19)27-4)12-17-15(3)18(14-23)22(26)24(6-2)21(17)25/h9-10,12-13H,5-8,11H2,1-4H3/b17-12+. The molecule has 1 aromatic rings. The first-order valence-corrected chi connectivity index (χ1v) is 9.48. The number of carbonyl (C=O) groups is 2. The maximum Gasteiger partial charge on any atom is 0.271 e. The number of nitrogens with zero attached hydrogens (tertiary/aromatic N) is 2. The van der Waals surface area contributed by atoms with Gasteiger partial charge in [-0.15, -0.1) is 0 Å². The highest BCUT2D eigenvalue weighted by molar-refractivity contribution is 6.19. The molecule has 0 atom stereocenters. The number of amides is 2. The number of carbonyl (C=O) groups excluding carboxylic acids is 2. The lowest BCUT2D eigenvalue weighted by molar-refractivity contribution is -0.140. The number of unbranched alkanes of at least 4 members (excludes halogenated alkanes) is 2. The molecule has 0 N–H and O–H groups in total. The molecule has 0 bridgehead atoms. The van der Waals surface area contributed by atoms with Crippen molar-refractivity contribution in [2.75, 3.05) is 20.3 Å². The van der Waals surface area contributed by atoms with Crippen molar-refractivity contribution in [3.8, 4) is 17.6 Å². The first-order chi connectivity index (χ1) is 13.5. The summed E-state index contributed by atoms with van der Waals surface area (Å²) in [5.41, 5.74) is 1.44. The summed E-state index contributed by atoms with van der Waals surface area (Å²) in [7, 11) is 1.56. The number of ether oxygens (including phenoxy) is 2. The molecule has 2 rings (SSSR count). The van der Waals surface area contributed by atoms with Crippen molar-refractivity contribution in [2.45, 2.75) is 40.0 Å². The minimum Gasteiger partial charge on any atom is -0.493 e. The summed E-state index contributed by atoms with van der Waals surface area (Å²) in [6, 6.07) is 7.33. The normalized spacial score (nSPS) is 15.8. The van der Waals surface area contributed by atoms with Crippen LogP contribution in [0.4, 0.5) is 0 Å². The fraction of sp³-hybridized carbons (Fsp3) is 0.409. The molecule has 2 amide bonds. The van der Waals surface area contributed by atoms with Crippen molar-refractivity contribution >= 4 is 17.9 Å². The van der Waals surface area contributed by atoms with Gasteiger partial charge in [0.15, 0.2) is 11.5 Å². The van der Waals surface area contributed by atoms with E-state index >= 15 is 0 Å². The van der Waals surface area contributed by atoms with Crippen molar-refractivity contribution in [2.24, 2.45) is 0 Å². The highest BCUT2D eigenvalue weighted by Crippen LogP contribution is 2.31. The van der Waals surface area contributed by atoms with Crippen molar-refractivity contribution in [1.29, 1.82) is 5.26 Å². The largest absolute Gasteiger partial charge is 0.493 e. The zero-order valence-electron chi connectivity index (χ0n) is 16.9. The summed E-state index contributed by atoms with van der Waals surface area (Å²) in [6.07, 6.45) is 4.87. The number of likely N-dealkylation sites (N-methyl/N-ethyl adjacent to an activating group) is 1. The number of rotatable bonds is 8. The summed E-state index contributed by atoms with van der Waals surface area (Å²) in [5, 5.41) is 9.32. The zero-order chi connectivity index (χ0) is 20.7. The van der Waals surface area contributed by atoms with E-state index in [9.17, 15) is 14.9 Å². The SMILES string of the molecule is CCCCCOc1ccc(/C=C2/C(=O)N(CC)C(=O)C(C#N)=C2C)cc1OC. The Morgan fingerprint density at radius 3 is 2.50 bits per heavy atom. The second-order valence-electron chi connectivity index (χ2n) is 6.49. The van der Waals surface area contributed by atoms with Gasteiger partial charge in [0, 0.05) is 12.1 Å². The van der Waals surface area contributed by atoms with Crippen LogP contribution in [0.25, 0.3) is 6.08 Å². The van der Waals surface area contributed by atoms with Crippen LogP contribution in [0, 0.1) is 11.3 Å². The molecule has 1 aliphatic rings. The van der Waals surface area contributed by atoms with Crippen LogP contribution >= 0.6 is 0 Å². The van der Waals surface area contributed by atoms with E-state index in [1.54, 1.807) is 39.2 Å². The molecule has 0 aliphatic carbocycles. The van der Waals surface area contributed by atoms with E-state index in [0.29, 0.717) is 29.3 Å². The van der Waals surface area contributed by atoms with Gasteiger partial charge in [0.2, 0.25) is 0 Å². The molecule has 1 aliphatic heterocycles. The molecule has 1 aromatic carbocycles. The van der Waals surface area contributed by atoms with Crippen LogP contribution in [0.15, 0.2) is 34.9 Å². The van der Waals surface area contributed by atoms with E-state index in [4.69, 9.17) is 9.47 Å². The zero-order valence-corrected chi connectivity index (χ0v) is 16.9. The maximum atomic E-state index is 12.7. The van der Waals surface area contributed by atoms with E-state index in [1.165, 1.54) is 0 Å². The molecule has 6 heteroatoms. The summed E-state index contributed by atoms with van der Waals surface area (Å²) >= 11 is 0. The van der Waals surface area contributed by atoms with E-state index in [1.807, 2.05) is 12.1 Å². The number of hydrogen-bond acceptors (Lipinski definition) is 5. The van der Waals surface area contributed by atoms with E-state index in [0.717, 1.165) is 29.7 Å². The molecule has 0 unspecified atom stereocenters. The first-order valence-electron chi connectivity index (χ1n) is 9.48. The third-order valence-corrected chi connectivity index (χ3v) is 4.65. The highest BCUT2D eigenvalue weighted by Gasteiger charge is 2.34. The predicted octanol–water partition coefficient (Wildman–Crippen LogP) is 3.88. The molecule has 0 saturated heterocycles. The van der Waals surface area contributed by atoms with Gasteiger partial charge in [0.05, 0.1) is 13.7 Å². The van der Waals surface area contributed by atoms with Crippen molar-refractivity contribution < 1.29 is 19.1 Å². The number of hydrogen-bond donors (Lipinski definition) is 0. The topological polar surface area (TPSA) is 79.6 Å². The fourth-order valence-electron chi connectivity index (χ4n) is 3.01. The van der Waals surface area contributed by atoms with Crippen LogP contribution in [0.1, 0.15) is 45.6 Å². The Labute approximate surface area is 166 Å². The Hall–Kier alpha value is -3.07. The van der Waals surface area contributed by atoms with E-state index < -0.39 is 11.8 Å². The second kappa shape index (κ2) is 9.75.